The van der Waals surface area contributed by atoms with Gasteiger partial charge in [-0.25, -0.2) is 0 Å². The zero-order chi connectivity index (χ0) is 12.3. The number of rotatable bonds is 5. The summed E-state index contributed by atoms with van der Waals surface area (Å²) in [4.78, 5) is 12.1. The smallest absolute Gasteiger partial charge is 0.404 e. The molecule has 0 radical (unpaired) electrons. The average molecular weight is 239 g/mol. The van der Waals surface area contributed by atoms with Gasteiger partial charge in [-0.2, -0.15) is 0 Å². The lowest BCUT2D eigenvalue weighted by molar-refractivity contribution is -0.402. The van der Waals surface area contributed by atoms with Crippen molar-refractivity contribution >= 4 is 5.88 Å². The molecule has 0 saturated carbocycles. The molecule has 1 fully saturated rings. The molecular formula is C11H17N3O3. The molecule has 2 rings (SSSR count). The van der Waals surface area contributed by atoms with E-state index in [1.165, 1.54) is 18.9 Å². The summed E-state index contributed by atoms with van der Waals surface area (Å²) >= 11 is 0. The molecule has 0 bridgehead atoms. The van der Waals surface area contributed by atoms with Crippen LogP contribution < -0.4 is 5.32 Å². The second-order valence-corrected chi connectivity index (χ2v) is 4.49. The highest BCUT2D eigenvalue weighted by atomic mass is 16.6. The molecule has 0 amide bonds. The predicted molar refractivity (Wildman–Crippen MR) is 62.7 cm³/mol. The SMILES string of the molecule is CN(Cc1ccc([N+](=O)[O-])o1)CC1CCCN1. The fourth-order valence-electron chi connectivity index (χ4n) is 2.17. The fourth-order valence-corrected chi connectivity index (χ4v) is 2.17. The Balaban J connectivity index is 1.84. The largest absolute Gasteiger partial charge is 0.433 e. The summed E-state index contributed by atoms with van der Waals surface area (Å²) in [5, 5.41) is 13.9. The van der Waals surface area contributed by atoms with Crippen molar-refractivity contribution in [3.05, 3.63) is 28.0 Å². The molecule has 1 aliphatic heterocycles. The van der Waals surface area contributed by atoms with E-state index >= 15 is 0 Å². The summed E-state index contributed by atoms with van der Waals surface area (Å²) in [5.74, 6) is 0.449. The van der Waals surface area contributed by atoms with E-state index < -0.39 is 4.92 Å². The molecule has 1 atom stereocenters. The van der Waals surface area contributed by atoms with Gasteiger partial charge in [0.25, 0.3) is 0 Å². The third-order valence-corrected chi connectivity index (χ3v) is 2.95. The summed E-state index contributed by atoms with van der Waals surface area (Å²) in [5.41, 5.74) is 0. The van der Waals surface area contributed by atoms with Crippen molar-refractivity contribution in [2.45, 2.75) is 25.4 Å². The molecule has 6 heteroatoms. The minimum atomic E-state index is -0.512. The number of hydrogen-bond donors (Lipinski definition) is 1. The monoisotopic (exact) mass is 239 g/mol. The van der Waals surface area contributed by atoms with Gasteiger partial charge in [0.1, 0.15) is 10.7 Å². The van der Waals surface area contributed by atoms with E-state index in [1.807, 2.05) is 7.05 Å². The molecule has 94 valence electrons. The van der Waals surface area contributed by atoms with Crippen LogP contribution >= 0.6 is 0 Å². The Labute approximate surface area is 99.7 Å². The Kier molecular flexibility index (Phi) is 3.75. The van der Waals surface area contributed by atoms with Gasteiger partial charge < -0.3 is 9.73 Å². The zero-order valence-electron chi connectivity index (χ0n) is 9.89. The molecule has 0 aromatic carbocycles. The zero-order valence-corrected chi connectivity index (χ0v) is 9.89. The third-order valence-electron chi connectivity index (χ3n) is 2.95. The molecular weight excluding hydrogens is 222 g/mol. The number of hydrogen-bond acceptors (Lipinski definition) is 5. The van der Waals surface area contributed by atoms with Crippen molar-refractivity contribution < 1.29 is 9.34 Å². The van der Waals surface area contributed by atoms with Crippen LogP contribution in [0.4, 0.5) is 5.88 Å². The van der Waals surface area contributed by atoms with Crippen LogP contribution in [0.3, 0.4) is 0 Å². The van der Waals surface area contributed by atoms with Crippen molar-refractivity contribution in [3.63, 3.8) is 0 Å². The summed E-state index contributed by atoms with van der Waals surface area (Å²) < 4.78 is 5.12. The van der Waals surface area contributed by atoms with Gasteiger partial charge in [-0.15, -0.1) is 0 Å². The molecule has 1 aromatic heterocycles. The molecule has 0 spiro atoms. The van der Waals surface area contributed by atoms with Gasteiger partial charge in [0.2, 0.25) is 0 Å². The van der Waals surface area contributed by atoms with Gasteiger partial charge in [-0.1, -0.05) is 0 Å². The van der Waals surface area contributed by atoms with E-state index in [-0.39, 0.29) is 5.88 Å². The molecule has 17 heavy (non-hydrogen) atoms. The highest BCUT2D eigenvalue weighted by Crippen LogP contribution is 2.17. The van der Waals surface area contributed by atoms with Crippen molar-refractivity contribution in [1.82, 2.24) is 10.2 Å². The second-order valence-electron chi connectivity index (χ2n) is 4.49. The van der Waals surface area contributed by atoms with Gasteiger partial charge in [-0.3, -0.25) is 15.0 Å². The van der Waals surface area contributed by atoms with Crippen molar-refractivity contribution in [2.24, 2.45) is 0 Å². The Morgan fingerprint density at radius 1 is 1.65 bits per heavy atom. The highest BCUT2D eigenvalue weighted by Gasteiger charge is 2.17. The summed E-state index contributed by atoms with van der Waals surface area (Å²) in [6.07, 6.45) is 2.42. The Bertz CT molecular complexity index is 385. The molecule has 0 aliphatic carbocycles. The molecule has 1 unspecified atom stereocenters. The van der Waals surface area contributed by atoms with Crippen LogP contribution in [0.2, 0.25) is 0 Å². The standard InChI is InChI=1S/C11H17N3O3/c1-13(7-9-3-2-6-12-9)8-10-4-5-11(17-10)14(15)16/h4-5,9,12H,2-3,6-8H2,1H3. The maximum Gasteiger partial charge on any atom is 0.433 e. The van der Waals surface area contributed by atoms with Crippen LogP contribution in [0.5, 0.6) is 0 Å². The summed E-state index contributed by atoms with van der Waals surface area (Å²) in [7, 11) is 1.99. The third kappa shape index (κ3) is 3.28. The molecule has 6 nitrogen and oxygen atoms in total. The minimum Gasteiger partial charge on any atom is -0.404 e. The predicted octanol–water partition coefficient (Wildman–Crippen LogP) is 1.37. The van der Waals surface area contributed by atoms with Crippen molar-refractivity contribution in [2.75, 3.05) is 20.1 Å². The van der Waals surface area contributed by atoms with Crippen LogP contribution in [0.25, 0.3) is 0 Å². The van der Waals surface area contributed by atoms with Gasteiger partial charge in [0.15, 0.2) is 0 Å². The van der Waals surface area contributed by atoms with E-state index in [1.54, 1.807) is 6.07 Å². The first kappa shape index (κ1) is 12.1. The van der Waals surface area contributed by atoms with E-state index in [4.69, 9.17) is 4.42 Å². The molecule has 1 saturated heterocycles. The van der Waals surface area contributed by atoms with Crippen molar-refractivity contribution in [3.8, 4) is 0 Å². The lowest BCUT2D eigenvalue weighted by Crippen LogP contribution is -2.34. The number of furan rings is 1. The maximum atomic E-state index is 10.5. The molecule has 1 aliphatic rings. The first-order chi connectivity index (χ1) is 8.15. The molecule has 1 aromatic rings. The topological polar surface area (TPSA) is 71.5 Å². The number of nitrogens with zero attached hydrogens (tertiary/aromatic N) is 2. The van der Waals surface area contributed by atoms with Gasteiger partial charge >= 0.3 is 5.88 Å². The molecule has 1 N–H and O–H groups in total. The number of likely N-dealkylation sites (N-methyl/N-ethyl adjacent to an activating group) is 1. The Morgan fingerprint density at radius 2 is 2.47 bits per heavy atom. The summed E-state index contributed by atoms with van der Waals surface area (Å²) in [6.45, 7) is 2.63. The van der Waals surface area contributed by atoms with E-state index in [0.29, 0.717) is 18.3 Å². The Morgan fingerprint density at radius 3 is 3.06 bits per heavy atom. The number of nitrogens with one attached hydrogen (secondary N) is 1. The fraction of sp³-hybridized carbons (Fsp3) is 0.636. The number of nitro groups is 1. The minimum absolute atomic E-state index is 0.188. The van der Waals surface area contributed by atoms with Crippen LogP contribution in [-0.4, -0.2) is 36.0 Å². The second kappa shape index (κ2) is 5.29. The first-order valence-corrected chi connectivity index (χ1v) is 5.80. The van der Waals surface area contributed by atoms with E-state index in [0.717, 1.165) is 13.1 Å². The highest BCUT2D eigenvalue weighted by molar-refractivity contribution is 5.17. The van der Waals surface area contributed by atoms with Crippen molar-refractivity contribution in [1.29, 1.82) is 0 Å². The van der Waals surface area contributed by atoms with Gasteiger partial charge in [0, 0.05) is 12.6 Å². The van der Waals surface area contributed by atoms with Gasteiger partial charge in [-0.05, 0) is 32.5 Å². The normalized spacial score (nSPS) is 20.0. The lowest BCUT2D eigenvalue weighted by Gasteiger charge is -2.19. The van der Waals surface area contributed by atoms with E-state index in [2.05, 4.69) is 10.2 Å². The van der Waals surface area contributed by atoms with Crippen LogP contribution in [0.1, 0.15) is 18.6 Å². The Hall–Kier alpha value is -1.40. The van der Waals surface area contributed by atoms with Crippen LogP contribution in [-0.2, 0) is 6.54 Å². The lowest BCUT2D eigenvalue weighted by atomic mass is 10.2. The first-order valence-electron chi connectivity index (χ1n) is 5.80. The van der Waals surface area contributed by atoms with Gasteiger partial charge in [0.05, 0.1) is 12.6 Å². The quantitative estimate of drug-likeness (QED) is 0.620. The summed E-state index contributed by atoms with van der Waals surface area (Å²) in [6, 6.07) is 3.60. The maximum absolute atomic E-state index is 10.5. The van der Waals surface area contributed by atoms with Crippen LogP contribution in [0, 0.1) is 10.1 Å². The molecule has 2 heterocycles. The average Bonchev–Trinajstić information content (AvgIpc) is 2.88. The van der Waals surface area contributed by atoms with E-state index in [9.17, 15) is 10.1 Å². The van der Waals surface area contributed by atoms with Crippen LogP contribution in [0.15, 0.2) is 16.5 Å².